The number of aliphatic hydroxyl groups excluding tert-OH is 3. The fourth-order valence-corrected chi connectivity index (χ4v) is 9.98. The number of aliphatic hydroxyl groups is 3. The van der Waals surface area contributed by atoms with Crippen LogP contribution < -0.4 is 0 Å². The molecule has 0 spiro atoms. The summed E-state index contributed by atoms with van der Waals surface area (Å²) in [5.41, 5.74) is -2.27. The maximum atomic E-state index is 14.3. The second-order valence-electron chi connectivity index (χ2n) is 15.0. The number of carbonyl (C=O) groups is 2. The molecule has 202 valence electrons. The number of cyclic esters (lactones) is 1. The first-order chi connectivity index (χ1) is 16.4. The summed E-state index contributed by atoms with van der Waals surface area (Å²) in [6.07, 6.45) is 2.92. The quantitative estimate of drug-likeness (QED) is 0.339. The summed E-state index contributed by atoms with van der Waals surface area (Å²) in [5.74, 6) is -0.539. The van der Waals surface area contributed by atoms with Crippen LogP contribution >= 0.6 is 0 Å². The van der Waals surface area contributed by atoms with E-state index in [0.717, 1.165) is 19.3 Å². The molecule has 5 rings (SSSR count). The van der Waals surface area contributed by atoms with E-state index in [0.29, 0.717) is 6.42 Å². The molecule has 0 aromatic rings. The van der Waals surface area contributed by atoms with Crippen molar-refractivity contribution >= 4 is 11.8 Å². The van der Waals surface area contributed by atoms with Crippen LogP contribution in [0.15, 0.2) is 11.6 Å². The Morgan fingerprint density at radius 2 is 1.50 bits per heavy atom. The van der Waals surface area contributed by atoms with E-state index in [1.807, 2.05) is 27.7 Å². The third-order valence-electron chi connectivity index (χ3n) is 12.7. The summed E-state index contributed by atoms with van der Waals surface area (Å²) < 4.78 is 5.81. The maximum Gasteiger partial charge on any atom is 0.308 e. The molecule has 0 aromatic carbocycles. The van der Waals surface area contributed by atoms with Gasteiger partial charge >= 0.3 is 5.97 Å². The Morgan fingerprint density at radius 1 is 0.861 bits per heavy atom. The number of ether oxygens (including phenoxy) is 1. The molecule has 3 N–H and O–H groups in total. The predicted octanol–water partition coefficient (Wildman–Crippen LogP) is 4.20. The van der Waals surface area contributed by atoms with E-state index in [1.54, 1.807) is 0 Å². The molecular weight excluding hydrogens is 456 g/mol. The number of fused-ring (bicyclic) bond motifs is 7. The standard InChI is InChI=1S/C30H46O6/c1-25(2)15-17-16-9-10-18-29(7)19(26(3,4)36-22(33)14-20(29)31)13-21(32)30(18,8)28(16,6)12-11-27(17,5)24(35)23(25)34/h9,17-20,23-24,31,34-35H,10-15H2,1-8H3/t17-,18+,19-,20-,23+,24+,27+,28+,29+,30-/m0/s1. The van der Waals surface area contributed by atoms with Gasteiger partial charge in [-0.3, -0.25) is 9.59 Å². The highest BCUT2D eigenvalue weighted by atomic mass is 16.6. The molecule has 0 unspecified atom stereocenters. The highest BCUT2D eigenvalue weighted by Gasteiger charge is 2.73. The topological polar surface area (TPSA) is 104 Å². The van der Waals surface area contributed by atoms with Gasteiger partial charge in [-0.2, -0.15) is 0 Å². The second-order valence-corrected chi connectivity index (χ2v) is 15.0. The minimum Gasteiger partial charge on any atom is -0.459 e. The number of allylic oxidation sites excluding steroid dienone is 2. The van der Waals surface area contributed by atoms with Crippen LogP contribution in [-0.4, -0.2) is 51.0 Å². The SMILES string of the molecule is CC1(C)C[C@H]2C3=CC[C@@H]4[C@@]5(C)[C@@H](O)CC(=O)OC(C)(C)[C@@H]5CC(=O)[C@@]4(C)[C@]3(C)CC[C@@]2(C)[C@H](O)[C@H]1O. The first-order valence-corrected chi connectivity index (χ1v) is 13.9. The molecule has 1 heterocycles. The summed E-state index contributed by atoms with van der Waals surface area (Å²) in [5, 5.41) is 33.8. The molecule has 5 aliphatic rings. The van der Waals surface area contributed by atoms with Crippen molar-refractivity contribution in [3.63, 3.8) is 0 Å². The van der Waals surface area contributed by atoms with Gasteiger partial charge in [0, 0.05) is 34.0 Å². The van der Waals surface area contributed by atoms with Gasteiger partial charge in [-0.25, -0.2) is 0 Å². The van der Waals surface area contributed by atoms with E-state index >= 15 is 0 Å². The lowest BCUT2D eigenvalue weighted by Gasteiger charge is -2.69. The molecule has 1 saturated heterocycles. The Bertz CT molecular complexity index is 1030. The summed E-state index contributed by atoms with van der Waals surface area (Å²) in [7, 11) is 0. The number of ketones is 1. The Labute approximate surface area is 215 Å². The van der Waals surface area contributed by atoms with Gasteiger partial charge in [-0.05, 0) is 56.8 Å². The third-order valence-corrected chi connectivity index (χ3v) is 12.7. The Hall–Kier alpha value is -1.24. The lowest BCUT2D eigenvalue weighted by molar-refractivity contribution is -0.215. The largest absolute Gasteiger partial charge is 0.459 e. The van der Waals surface area contributed by atoms with Gasteiger partial charge < -0.3 is 20.1 Å². The average Bonchev–Trinajstić information content (AvgIpc) is 2.82. The second kappa shape index (κ2) is 7.45. The number of rotatable bonds is 0. The van der Waals surface area contributed by atoms with Crippen LogP contribution in [0.3, 0.4) is 0 Å². The maximum absolute atomic E-state index is 14.3. The fraction of sp³-hybridized carbons (Fsp3) is 0.867. The van der Waals surface area contributed by atoms with Crippen LogP contribution in [0.1, 0.15) is 93.9 Å². The zero-order valence-electron chi connectivity index (χ0n) is 23.4. The number of hydrogen-bond acceptors (Lipinski definition) is 6. The first kappa shape index (κ1) is 26.4. The number of Topliss-reactive ketones (excluding diaryl/α,β-unsaturated/α-hetero) is 1. The van der Waals surface area contributed by atoms with E-state index in [1.165, 1.54) is 5.57 Å². The minimum atomic E-state index is -0.882. The monoisotopic (exact) mass is 502 g/mol. The molecule has 0 bridgehead atoms. The molecule has 0 aromatic heterocycles. The van der Waals surface area contributed by atoms with Crippen molar-refractivity contribution in [2.24, 2.45) is 44.8 Å². The molecule has 0 radical (unpaired) electrons. The van der Waals surface area contributed by atoms with E-state index in [-0.39, 0.29) is 36.4 Å². The predicted molar refractivity (Wildman–Crippen MR) is 136 cm³/mol. The van der Waals surface area contributed by atoms with Gasteiger partial charge in [0.25, 0.3) is 0 Å². The summed E-state index contributed by atoms with van der Waals surface area (Å²) >= 11 is 0. The van der Waals surface area contributed by atoms with Crippen molar-refractivity contribution in [3.8, 4) is 0 Å². The molecule has 10 atom stereocenters. The van der Waals surface area contributed by atoms with E-state index in [4.69, 9.17) is 4.74 Å². The van der Waals surface area contributed by atoms with E-state index < -0.39 is 57.0 Å². The van der Waals surface area contributed by atoms with Crippen molar-refractivity contribution in [1.82, 2.24) is 0 Å². The van der Waals surface area contributed by atoms with Gasteiger partial charge in [0.15, 0.2) is 0 Å². The first-order valence-electron chi connectivity index (χ1n) is 13.9. The smallest absolute Gasteiger partial charge is 0.308 e. The highest BCUT2D eigenvalue weighted by Crippen LogP contribution is 2.73. The Kier molecular flexibility index (Phi) is 5.45. The molecule has 0 amide bonds. The lowest BCUT2D eigenvalue weighted by Crippen LogP contribution is -2.69. The summed E-state index contributed by atoms with van der Waals surface area (Å²) in [4.78, 5) is 26.9. The number of carbonyl (C=O) groups excluding carboxylic acids is 2. The normalized spacial score (nSPS) is 53.6. The number of hydrogen-bond donors (Lipinski definition) is 3. The Morgan fingerprint density at radius 3 is 2.14 bits per heavy atom. The van der Waals surface area contributed by atoms with Crippen molar-refractivity contribution < 1.29 is 29.6 Å². The van der Waals surface area contributed by atoms with Gasteiger partial charge in [-0.1, -0.05) is 53.2 Å². The van der Waals surface area contributed by atoms with Gasteiger partial charge in [0.1, 0.15) is 11.4 Å². The molecular formula is C30H46O6. The van der Waals surface area contributed by atoms with Crippen LogP contribution in [0.25, 0.3) is 0 Å². The molecule has 1 aliphatic heterocycles. The van der Waals surface area contributed by atoms with Crippen molar-refractivity contribution in [2.45, 2.75) is 118 Å². The molecule has 6 heteroatoms. The van der Waals surface area contributed by atoms with Crippen LogP contribution in [-0.2, 0) is 14.3 Å². The molecule has 4 fully saturated rings. The minimum absolute atomic E-state index is 0.0521. The van der Waals surface area contributed by atoms with Gasteiger partial charge in [-0.15, -0.1) is 0 Å². The zero-order chi connectivity index (χ0) is 26.9. The highest BCUT2D eigenvalue weighted by molar-refractivity contribution is 5.88. The molecule has 6 nitrogen and oxygen atoms in total. The molecule has 3 saturated carbocycles. The summed E-state index contributed by atoms with van der Waals surface area (Å²) in [6.45, 7) is 16.4. The van der Waals surface area contributed by atoms with Crippen molar-refractivity contribution in [1.29, 1.82) is 0 Å². The van der Waals surface area contributed by atoms with Crippen LogP contribution in [0.2, 0.25) is 0 Å². The van der Waals surface area contributed by atoms with Crippen LogP contribution in [0.5, 0.6) is 0 Å². The summed E-state index contributed by atoms with van der Waals surface area (Å²) in [6, 6.07) is 0. The van der Waals surface area contributed by atoms with Crippen molar-refractivity contribution in [2.75, 3.05) is 0 Å². The van der Waals surface area contributed by atoms with Crippen LogP contribution in [0, 0.1) is 44.8 Å². The van der Waals surface area contributed by atoms with Crippen molar-refractivity contribution in [3.05, 3.63) is 11.6 Å². The third kappa shape index (κ3) is 2.95. The zero-order valence-corrected chi connectivity index (χ0v) is 23.4. The van der Waals surface area contributed by atoms with Gasteiger partial charge in [0.05, 0.1) is 24.7 Å². The van der Waals surface area contributed by atoms with E-state index in [9.17, 15) is 24.9 Å². The molecule has 36 heavy (non-hydrogen) atoms. The lowest BCUT2D eigenvalue weighted by atomic mass is 9.34. The average molecular weight is 503 g/mol. The van der Waals surface area contributed by atoms with E-state index in [2.05, 4.69) is 33.8 Å². The van der Waals surface area contributed by atoms with Gasteiger partial charge in [0.2, 0.25) is 0 Å². The van der Waals surface area contributed by atoms with Crippen LogP contribution in [0.4, 0.5) is 0 Å². The molecule has 4 aliphatic carbocycles. The Balaban J connectivity index is 1.67. The number of esters is 1. The fourth-order valence-electron chi connectivity index (χ4n) is 9.98.